The van der Waals surface area contributed by atoms with Crippen molar-refractivity contribution in [3.63, 3.8) is 0 Å². The lowest BCUT2D eigenvalue weighted by Gasteiger charge is -2.16. The second-order valence-corrected chi connectivity index (χ2v) is 4.92. The van der Waals surface area contributed by atoms with Gasteiger partial charge in [-0.05, 0) is 37.6 Å². The molecule has 0 aromatic heterocycles. The van der Waals surface area contributed by atoms with Gasteiger partial charge in [0, 0.05) is 5.69 Å². The summed E-state index contributed by atoms with van der Waals surface area (Å²) in [6.07, 6.45) is -0.645. The Morgan fingerprint density at radius 3 is 2.80 bits per heavy atom. The highest BCUT2D eigenvalue weighted by molar-refractivity contribution is 5.94. The Kier molecular flexibility index (Phi) is 4.65. The number of alkyl halides is 3. The maximum Gasteiger partial charge on any atom is 0.416 e. The van der Waals surface area contributed by atoms with Crippen molar-refractivity contribution in [3.8, 4) is 0 Å². The monoisotopic (exact) mass is 286 g/mol. The third kappa shape index (κ3) is 3.96. The molecule has 1 heterocycles. The van der Waals surface area contributed by atoms with Crippen molar-refractivity contribution in [2.75, 3.05) is 11.9 Å². The van der Waals surface area contributed by atoms with Gasteiger partial charge in [-0.15, -0.1) is 0 Å². The molecule has 0 spiro atoms. The van der Waals surface area contributed by atoms with Gasteiger partial charge in [-0.3, -0.25) is 4.79 Å². The normalized spacial score (nSPS) is 20.2. The van der Waals surface area contributed by atoms with Crippen molar-refractivity contribution in [3.05, 3.63) is 29.8 Å². The van der Waals surface area contributed by atoms with Gasteiger partial charge >= 0.3 is 6.18 Å². The van der Waals surface area contributed by atoms with Crippen molar-refractivity contribution >= 4 is 11.6 Å². The molecular weight excluding hydrogens is 269 g/mol. The number of anilines is 1. The van der Waals surface area contributed by atoms with E-state index in [9.17, 15) is 18.0 Å². The lowest BCUT2D eigenvalue weighted by atomic mass is 10.1. The summed E-state index contributed by atoms with van der Waals surface area (Å²) in [5, 5.41) is 5.66. The van der Waals surface area contributed by atoms with Crippen LogP contribution < -0.4 is 10.6 Å². The van der Waals surface area contributed by atoms with Crippen LogP contribution in [-0.2, 0) is 11.0 Å². The van der Waals surface area contributed by atoms with E-state index in [-0.39, 0.29) is 17.6 Å². The standard InChI is InChI=1S/C14H17F3N2O/c15-14(16,17)10-5-4-6-11(9-10)19-13(20)12-7-2-1-3-8-18-12/h4-6,9,12,18H,1-3,7-8H2,(H,19,20). The molecule has 110 valence electrons. The Morgan fingerprint density at radius 2 is 2.05 bits per heavy atom. The molecule has 1 aromatic carbocycles. The van der Waals surface area contributed by atoms with Crippen LogP contribution in [0.3, 0.4) is 0 Å². The zero-order chi connectivity index (χ0) is 14.6. The molecule has 3 nitrogen and oxygen atoms in total. The van der Waals surface area contributed by atoms with Gasteiger partial charge in [0.25, 0.3) is 0 Å². The highest BCUT2D eigenvalue weighted by Gasteiger charge is 2.30. The van der Waals surface area contributed by atoms with Crippen LogP contribution in [-0.4, -0.2) is 18.5 Å². The number of carbonyl (C=O) groups is 1. The summed E-state index contributed by atoms with van der Waals surface area (Å²) >= 11 is 0. The van der Waals surface area contributed by atoms with Gasteiger partial charge in [0.1, 0.15) is 0 Å². The van der Waals surface area contributed by atoms with Crippen molar-refractivity contribution in [1.82, 2.24) is 5.32 Å². The fraction of sp³-hybridized carbons (Fsp3) is 0.500. The molecular formula is C14H17F3N2O. The smallest absolute Gasteiger partial charge is 0.325 e. The van der Waals surface area contributed by atoms with E-state index < -0.39 is 11.7 Å². The fourth-order valence-corrected chi connectivity index (χ4v) is 2.26. The van der Waals surface area contributed by atoms with Crippen LogP contribution >= 0.6 is 0 Å². The zero-order valence-electron chi connectivity index (χ0n) is 11.0. The van der Waals surface area contributed by atoms with Gasteiger partial charge in [-0.25, -0.2) is 0 Å². The Hall–Kier alpha value is -1.56. The van der Waals surface area contributed by atoms with Gasteiger partial charge in [0.15, 0.2) is 0 Å². The summed E-state index contributed by atoms with van der Waals surface area (Å²) in [4.78, 5) is 12.0. The summed E-state index contributed by atoms with van der Waals surface area (Å²) in [7, 11) is 0. The molecule has 1 aliphatic rings. The van der Waals surface area contributed by atoms with Crippen molar-refractivity contribution < 1.29 is 18.0 Å². The molecule has 1 aromatic rings. The van der Waals surface area contributed by atoms with Crippen LogP contribution in [0.2, 0.25) is 0 Å². The molecule has 2 N–H and O–H groups in total. The number of halogens is 3. The van der Waals surface area contributed by atoms with Gasteiger partial charge < -0.3 is 10.6 Å². The second-order valence-electron chi connectivity index (χ2n) is 4.92. The number of carbonyl (C=O) groups excluding carboxylic acids is 1. The zero-order valence-corrected chi connectivity index (χ0v) is 11.0. The van der Waals surface area contributed by atoms with E-state index in [2.05, 4.69) is 10.6 Å². The number of hydrogen-bond acceptors (Lipinski definition) is 2. The van der Waals surface area contributed by atoms with Crippen LogP contribution in [0.1, 0.15) is 31.2 Å². The minimum absolute atomic E-state index is 0.177. The summed E-state index contributed by atoms with van der Waals surface area (Å²) in [5.74, 6) is -0.272. The molecule has 1 unspecified atom stereocenters. The summed E-state index contributed by atoms with van der Waals surface area (Å²) < 4.78 is 37.8. The third-order valence-electron chi connectivity index (χ3n) is 3.33. The summed E-state index contributed by atoms with van der Waals surface area (Å²) in [6, 6.07) is 4.36. The lowest BCUT2D eigenvalue weighted by Crippen LogP contribution is -2.39. The van der Waals surface area contributed by atoms with Gasteiger partial charge in [-0.1, -0.05) is 18.9 Å². The van der Waals surface area contributed by atoms with Crippen molar-refractivity contribution in [1.29, 1.82) is 0 Å². The molecule has 20 heavy (non-hydrogen) atoms. The first-order chi connectivity index (χ1) is 9.47. The molecule has 0 bridgehead atoms. The lowest BCUT2D eigenvalue weighted by molar-refractivity contribution is -0.137. The maximum absolute atomic E-state index is 12.6. The molecule has 2 rings (SSSR count). The van der Waals surface area contributed by atoms with Crippen molar-refractivity contribution in [2.24, 2.45) is 0 Å². The molecule has 0 aliphatic carbocycles. The number of hydrogen-bond donors (Lipinski definition) is 2. The SMILES string of the molecule is O=C(Nc1cccc(C(F)(F)F)c1)C1CCCCCN1. The second kappa shape index (κ2) is 6.26. The number of nitrogens with one attached hydrogen (secondary N) is 2. The van der Waals surface area contributed by atoms with Crippen LogP contribution in [0.15, 0.2) is 24.3 Å². The maximum atomic E-state index is 12.6. The molecule has 1 fully saturated rings. The van der Waals surface area contributed by atoms with E-state index in [0.717, 1.165) is 37.9 Å². The Bertz CT molecular complexity index is 466. The summed E-state index contributed by atoms with van der Waals surface area (Å²) in [6.45, 7) is 0.765. The van der Waals surface area contributed by atoms with E-state index in [1.165, 1.54) is 12.1 Å². The largest absolute Gasteiger partial charge is 0.416 e. The van der Waals surface area contributed by atoms with Crippen molar-refractivity contribution in [2.45, 2.75) is 37.9 Å². The quantitative estimate of drug-likeness (QED) is 0.876. The molecule has 1 atom stereocenters. The van der Waals surface area contributed by atoms with Crippen LogP contribution in [0, 0.1) is 0 Å². The predicted octanol–water partition coefficient (Wildman–Crippen LogP) is 3.18. The third-order valence-corrected chi connectivity index (χ3v) is 3.33. The highest BCUT2D eigenvalue weighted by atomic mass is 19.4. The van der Waals surface area contributed by atoms with E-state index in [1.54, 1.807) is 0 Å². The Morgan fingerprint density at radius 1 is 1.25 bits per heavy atom. The number of benzene rings is 1. The average Bonchev–Trinajstić information content (AvgIpc) is 2.67. The molecule has 1 saturated heterocycles. The van der Waals surface area contributed by atoms with Crippen LogP contribution in [0.25, 0.3) is 0 Å². The van der Waals surface area contributed by atoms with E-state index in [4.69, 9.17) is 0 Å². The van der Waals surface area contributed by atoms with Gasteiger partial charge in [0.2, 0.25) is 5.91 Å². The van der Waals surface area contributed by atoms with Crippen LogP contribution in [0.5, 0.6) is 0 Å². The molecule has 6 heteroatoms. The average molecular weight is 286 g/mol. The topological polar surface area (TPSA) is 41.1 Å². The van der Waals surface area contributed by atoms with E-state index in [1.807, 2.05) is 0 Å². The van der Waals surface area contributed by atoms with Gasteiger partial charge in [-0.2, -0.15) is 13.2 Å². The van der Waals surface area contributed by atoms with E-state index >= 15 is 0 Å². The molecule has 0 radical (unpaired) electrons. The Labute approximate surface area is 115 Å². The van der Waals surface area contributed by atoms with Gasteiger partial charge in [0.05, 0.1) is 11.6 Å². The fourth-order valence-electron chi connectivity index (χ4n) is 2.26. The first-order valence-corrected chi connectivity index (χ1v) is 6.68. The first kappa shape index (κ1) is 14.8. The molecule has 1 amide bonds. The summed E-state index contributed by atoms with van der Waals surface area (Å²) in [5.41, 5.74) is -0.583. The minimum Gasteiger partial charge on any atom is -0.325 e. The number of amides is 1. The molecule has 0 saturated carbocycles. The number of rotatable bonds is 2. The molecule has 1 aliphatic heterocycles. The first-order valence-electron chi connectivity index (χ1n) is 6.68. The van der Waals surface area contributed by atoms with Crippen LogP contribution in [0.4, 0.5) is 18.9 Å². The van der Waals surface area contributed by atoms with E-state index in [0.29, 0.717) is 6.42 Å². The Balaban J connectivity index is 2.03. The predicted molar refractivity (Wildman–Crippen MR) is 70.3 cm³/mol. The minimum atomic E-state index is -4.40. The highest BCUT2D eigenvalue weighted by Crippen LogP contribution is 2.30.